The van der Waals surface area contributed by atoms with Gasteiger partial charge in [-0.2, -0.15) is 0 Å². The highest BCUT2D eigenvalue weighted by Gasteiger charge is 2.13. The minimum Gasteiger partial charge on any atom is -0.496 e. The third-order valence-electron chi connectivity index (χ3n) is 4.15. The molecule has 0 aliphatic heterocycles. The highest BCUT2D eigenvalue weighted by atomic mass is 35.5. The van der Waals surface area contributed by atoms with Crippen LogP contribution in [0.4, 0.5) is 5.69 Å². The Bertz CT molecular complexity index is 713. The Hall–Kier alpha value is -2.00. The lowest BCUT2D eigenvalue weighted by atomic mass is 10.0. The molecule has 0 heterocycles. The number of halogens is 1. The number of rotatable bonds is 7. The van der Waals surface area contributed by atoms with Gasteiger partial charge >= 0.3 is 0 Å². The zero-order valence-electron chi connectivity index (χ0n) is 14.5. The van der Waals surface area contributed by atoms with Crippen molar-refractivity contribution in [1.82, 2.24) is 0 Å². The first kappa shape index (κ1) is 18.3. The molecule has 0 spiro atoms. The maximum absolute atomic E-state index is 12.4. The van der Waals surface area contributed by atoms with Crippen LogP contribution in [0.25, 0.3) is 0 Å². The largest absolute Gasteiger partial charge is 0.496 e. The number of hydrogen-bond acceptors (Lipinski definition) is 2. The Morgan fingerprint density at radius 2 is 1.83 bits per heavy atom. The van der Waals surface area contributed by atoms with Crippen LogP contribution in [0.2, 0.25) is 5.02 Å². The highest BCUT2D eigenvalue weighted by molar-refractivity contribution is 6.32. The zero-order valence-corrected chi connectivity index (χ0v) is 15.2. The molecule has 0 atom stereocenters. The second kappa shape index (κ2) is 8.74. The summed E-state index contributed by atoms with van der Waals surface area (Å²) in [5, 5.41) is 3.77. The number of carbonyl (C=O) groups excluding carboxylic acids is 1. The third kappa shape index (κ3) is 4.30. The van der Waals surface area contributed by atoms with Crippen molar-refractivity contribution in [3.63, 3.8) is 0 Å². The van der Waals surface area contributed by atoms with E-state index in [1.54, 1.807) is 7.11 Å². The number of methoxy groups -OCH3 is 1. The molecule has 0 radical (unpaired) electrons. The SMILES string of the molecule is CCc1ccc(Cl)c(CC)c1NC(=O)CCc1ccccc1OC. The number of amides is 1. The van der Waals surface area contributed by atoms with Gasteiger partial charge in [0, 0.05) is 17.1 Å². The lowest BCUT2D eigenvalue weighted by Gasteiger charge is -2.16. The predicted octanol–water partition coefficient (Wildman–Crippen LogP) is 5.04. The fourth-order valence-electron chi connectivity index (χ4n) is 2.83. The van der Waals surface area contributed by atoms with Crippen LogP contribution in [0.15, 0.2) is 36.4 Å². The quantitative estimate of drug-likeness (QED) is 0.763. The molecule has 3 nitrogen and oxygen atoms in total. The molecule has 0 unspecified atom stereocenters. The van der Waals surface area contributed by atoms with E-state index in [0.29, 0.717) is 17.9 Å². The summed E-state index contributed by atoms with van der Waals surface area (Å²) in [5.41, 5.74) is 4.02. The summed E-state index contributed by atoms with van der Waals surface area (Å²) < 4.78 is 5.34. The fourth-order valence-corrected chi connectivity index (χ4v) is 3.12. The second-order valence-corrected chi connectivity index (χ2v) is 6.03. The Morgan fingerprint density at radius 1 is 1.08 bits per heavy atom. The van der Waals surface area contributed by atoms with Gasteiger partial charge in [0.1, 0.15) is 5.75 Å². The Labute approximate surface area is 149 Å². The van der Waals surface area contributed by atoms with Crippen LogP contribution < -0.4 is 10.1 Å². The number of anilines is 1. The number of ether oxygens (including phenoxy) is 1. The number of carbonyl (C=O) groups is 1. The molecular weight excluding hydrogens is 322 g/mol. The molecule has 1 amide bonds. The third-order valence-corrected chi connectivity index (χ3v) is 4.51. The lowest BCUT2D eigenvalue weighted by Crippen LogP contribution is -2.15. The topological polar surface area (TPSA) is 38.3 Å². The van der Waals surface area contributed by atoms with Gasteiger partial charge in [-0.25, -0.2) is 0 Å². The number of benzene rings is 2. The molecule has 0 aliphatic rings. The van der Waals surface area contributed by atoms with E-state index in [9.17, 15) is 4.79 Å². The molecule has 2 rings (SSSR count). The van der Waals surface area contributed by atoms with E-state index >= 15 is 0 Å². The molecule has 24 heavy (non-hydrogen) atoms. The molecule has 1 N–H and O–H groups in total. The molecule has 0 bridgehead atoms. The standard InChI is InChI=1S/C20H24ClNO2/c1-4-14-10-12-17(21)16(5-2)20(14)22-19(23)13-11-15-8-6-7-9-18(15)24-3/h6-10,12H,4-5,11,13H2,1-3H3,(H,22,23). The summed E-state index contributed by atoms with van der Waals surface area (Å²) in [6.45, 7) is 4.12. The Morgan fingerprint density at radius 3 is 2.50 bits per heavy atom. The van der Waals surface area contributed by atoms with Crippen LogP contribution in [0.1, 0.15) is 37.0 Å². The van der Waals surface area contributed by atoms with Gasteiger partial charge in [-0.1, -0.05) is 49.7 Å². The smallest absolute Gasteiger partial charge is 0.224 e. The number of aryl methyl sites for hydroxylation is 2. The summed E-state index contributed by atoms with van der Waals surface area (Å²) in [4.78, 5) is 12.4. The van der Waals surface area contributed by atoms with Gasteiger partial charge in [-0.05, 0) is 48.1 Å². The van der Waals surface area contributed by atoms with E-state index in [1.807, 2.05) is 43.3 Å². The molecule has 2 aromatic carbocycles. The Kier molecular flexibility index (Phi) is 6.68. The van der Waals surface area contributed by atoms with E-state index in [2.05, 4.69) is 12.2 Å². The van der Waals surface area contributed by atoms with Crippen LogP contribution in [-0.4, -0.2) is 13.0 Å². The van der Waals surface area contributed by atoms with Gasteiger partial charge < -0.3 is 10.1 Å². The van der Waals surface area contributed by atoms with E-state index in [1.165, 1.54) is 0 Å². The summed E-state index contributed by atoms with van der Waals surface area (Å²) in [5.74, 6) is 0.809. The minimum atomic E-state index is -0.00688. The maximum Gasteiger partial charge on any atom is 0.224 e. The first-order valence-electron chi connectivity index (χ1n) is 8.32. The van der Waals surface area contributed by atoms with Crippen LogP contribution in [0.5, 0.6) is 5.75 Å². The predicted molar refractivity (Wildman–Crippen MR) is 100 cm³/mol. The van der Waals surface area contributed by atoms with Crippen molar-refractivity contribution < 1.29 is 9.53 Å². The molecule has 0 fully saturated rings. The Balaban J connectivity index is 2.11. The zero-order chi connectivity index (χ0) is 17.5. The second-order valence-electron chi connectivity index (χ2n) is 5.63. The summed E-state index contributed by atoms with van der Waals surface area (Å²) in [6.07, 6.45) is 2.68. The van der Waals surface area contributed by atoms with Crippen molar-refractivity contribution in [2.45, 2.75) is 39.5 Å². The fraction of sp³-hybridized carbons (Fsp3) is 0.350. The van der Waals surface area contributed by atoms with E-state index in [0.717, 1.165) is 41.0 Å². The van der Waals surface area contributed by atoms with Crippen LogP contribution in [0, 0.1) is 0 Å². The van der Waals surface area contributed by atoms with Gasteiger partial charge in [0.15, 0.2) is 0 Å². The molecule has 0 saturated heterocycles. The molecule has 128 valence electrons. The first-order chi connectivity index (χ1) is 11.6. The van der Waals surface area contributed by atoms with Gasteiger partial charge in [0.05, 0.1) is 7.11 Å². The highest BCUT2D eigenvalue weighted by Crippen LogP contribution is 2.30. The van der Waals surface area contributed by atoms with Crippen molar-refractivity contribution in [2.24, 2.45) is 0 Å². The molecular formula is C20H24ClNO2. The van der Waals surface area contributed by atoms with Crippen molar-refractivity contribution >= 4 is 23.2 Å². The van der Waals surface area contributed by atoms with Crippen molar-refractivity contribution in [1.29, 1.82) is 0 Å². The summed E-state index contributed by atoms with van der Waals surface area (Å²) in [6, 6.07) is 11.7. The van der Waals surface area contributed by atoms with Gasteiger partial charge in [0.2, 0.25) is 5.91 Å². The summed E-state index contributed by atoms with van der Waals surface area (Å²) in [7, 11) is 1.64. The first-order valence-corrected chi connectivity index (χ1v) is 8.70. The van der Waals surface area contributed by atoms with E-state index in [4.69, 9.17) is 16.3 Å². The van der Waals surface area contributed by atoms with E-state index in [-0.39, 0.29) is 5.91 Å². The molecule has 4 heteroatoms. The monoisotopic (exact) mass is 345 g/mol. The minimum absolute atomic E-state index is 0.00688. The van der Waals surface area contributed by atoms with Crippen LogP contribution >= 0.6 is 11.6 Å². The maximum atomic E-state index is 12.4. The lowest BCUT2D eigenvalue weighted by molar-refractivity contribution is -0.116. The number of nitrogens with one attached hydrogen (secondary N) is 1. The summed E-state index contributed by atoms with van der Waals surface area (Å²) >= 11 is 6.29. The van der Waals surface area contributed by atoms with Crippen LogP contribution in [-0.2, 0) is 24.1 Å². The number of hydrogen-bond donors (Lipinski definition) is 1. The average molecular weight is 346 g/mol. The van der Waals surface area contributed by atoms with Gasteiger partial charge in [-0.15, -0.1) is 0 Å². The molecule has 2 aromatic rings. The van der Waals surface area contributed by atoms with Crippen molar-refractivity contribution in [2.75, 3.05) is 12.4 Å². The van der Waals surface area contributed by atoms with E-state index < -0.39 is 0 Å². The van der Waals surface area contributed by atoms with Gasteiger partial charge in [0.25, 0.3) is 0 Å². The van der Waals surface area contributed by atoms with Gasteiger partial charge in [-0.3, -0.25) is 4.79 Å². The molecule has 0 saturated carbocycles. The molecule has 0 aromatic heterocycles. The van der Waals surface area contributed by atoms with Crippen molar-refractivity contribution in [3.05, 3.63) is 58.1 Å². The van der Waals surface area contributed by atoms with Crippen molar-refractivity contribution in [3.8, 4) is 5.75 Å². The average Bonchev–Trinajstić information content (AvgIpc) is 2.60. The molecule has 0 aliphatic carbocycles. The number of para-hydroxylation sites is 1. The normalized spacial score (nSPS) is 10.5. The van der Waals surface area contributed by atoms with Crippen LogP contribution in [0.3, 0.4) is 0 Å².